The molecule has 0 amide bonds. The number of thiophene rings is 1. The van der Waals surface area contributed by atoms with Gasteiger partial charge in [-0.2, -0.15) is 0 Å². The molecule has 0 radical (unpaired) electrons. The van der Waals surface area contributed by atoms with E-state index in [4.69, 9.17) is 0 Å². The van der Waals surface area contributed by atoms with Gasteiger partial charge in [-0.25, -0.2) is 0 Å². The van der Waals surface area contributed by atoms with Gasteiger partial charge in [0.2, 0.25) is 0 Å². The van der Waals surface area contributed by atoms with Crippen LogP contribution in [0.15, 0.2) is 41.8 Å². The highest BCUT2D eigenvalue weighted by molar-refractivity contribution is 7.09. The molecular weight excluding hydrogens is 188 g/mol. The Morgan fingerprint density at radius 1 is 1.00 bits per heavy atom. The van der Waals surface area contributed by atoms with Gasteiger partial charge in [-0.1, -0.05) is 35.9 Å². The summed E-state index contributed by atoms with van der Waals surface area (Å²) in [6.07, 6.45) is 2.32. The van der Waals surface area contributed by atoms with E-state index >= 15 is 0 Å². The zero-order valence-electron chi connectivity index (χ0n) is 8.36. The summed E-state index contributed by atoms with van der Waals surface area (Å²) in [6.45, 7) is 2.13. The Morgan fingerprint density at radius 2 is 1.79 bits per heavy atom. The molecule has 0 spiro atoms. The van der Waals surface area contributed by atoms with Crippen LogP contribution in [0.2, 0.25) is 0 Å². The Kier molecular flexibility index (Phi) is 3.00. The maximum atomic E-state index is 2.23. The topological polar surface area (TPSA) is 0 Å². The molecule has 0 nitrogen and oxygen atoms in total. The van der Waals surface area contributed by atoms with E-state index in [0.717, 1.165) is 6.42 Å². The van der Waals surface area contributed by atoms with Crippen molar-refractivity contribution in [2.75, 3.05) is 0 Å². The highest BCUT2D eigenvalue weighted by Crippen LogP contribution is 2.12. The lowest BCUT2D eigenvalue weighted by Crippen LogP contribution is -1.88. The van der Waals surface area contributed by atoms with E-state index < -0.39 is 0 Å². The fourth-order valence-corrected chi connectivity index (χ4v) is 2.19. The minimum absolute atomic E-state index is 1.15. The average Bonchev–Trinajstić information content (AvgIpc) is 2.70. The van der Waals surface area contributed by atoms with Crippen LogP contribution >= 0.6 is 11.3 Å². The van der Waals surface area contributed by atoms with Crippen molar-refractivity contribution in [1.82, 2.24) is 0 Å². The molecule has 72 valence electrons. The number of aryl methyl sites for hydroxylation is 3. The summed E-state index contributed by atoms with van der Waals surface area (Å²) >= 11 is 1.85. The van der Waals surface area contributed by atoms with E-state index in [9.17, 15) is 0 Å². The zero-order valence-corrected chi connectivity index (χ0v) is 9.18. The number of hydrogen-bond acceptors (Lipinski definition) is 1. The van der Waals surface area contributed by atoms with Crippen LogP contribution < -0.4 is 0 Å². The fraction of sp³-hybridized carbons (Fsp3) is 0.231. The van der Waals surface area contributed by atoms with Gasteiger partial charge in [0.1, 0.15) is 0 Å². The summed E-state index contributed by atoms with van der Waals surface area (Å²) < 4.78 is 0. The molecule has 2 aromatic rings. The van der Waals surface area contributed by atoms with E-state index in [2.05, 4.69) is 48.7 Å². The van der Waals surface area contributed by atoms with E-state index in [1.54, 1.807) is 0 Å². The first-order valence-electron chi connectivity index (χ1n) is 4.92. The van der Waals surface area contributed by atoms with Crippen molar-refractivity contribution in [1.29, 1.82) is 0 Å². The molecule has 0 N–H and O–H groups in total. The molecule has 2 rings (SSSR count). The first kappa shape index (κ1) is 9.47. The number of benzene rings is 1. The largest absolute Gasteiger partial charge is 0.149 e. The van der Waals surface area contributed by atoms with Gasteiger partial charge in [-0.05, 0) is 36.8 Å². The quantitative estimate of drug-likeness (QED) is 0.709. The summed E-state index contributed by atoms with van der Waals surface area (Å²) in [5, 5.41) is 2.14. The maximum absolute atomic E-state index is 2.23. The third-order valence-electron chi connectivity index (χ3n) is 2.36. The van der Waals surface area contributed by atoms with Gasteiger partial charge in [-0.3, -0.25) is 0 Å². The normalized spacial score (nSPS) is 10.4. The van der Waals surface area contributed by atoms with Crippen LogP contribution in [-0.2, 0) is 12.8 Å². The summed E-state index contributed by atoms with van der Waals surface area (Å²) in [7, 11) is 0. The highest BCUT2D eigenvalue weighted by atomic mass is 32.1. The number of rotatable bonds is 3. The van der Waals surface area contributed by atoms with Crippen LogP contribution in [0.25, 0.3) is 0 Å². The van der Waals surface area contributed by atoms with Crippen molar-refractivity contribution in [2.24, 2.45) is 0 Å². The molecule has 1 aromatic heterocycles. The van der Waals surface area contributed by atoms with Crippen molar-refractivity contribution in [2.45, 2.75) is 19.8 Å². The van der Waals surface area contributed by atoms with E-state index in [1.807, 2.05) is 11.3 Å². The summed E-state index contributed by atoms with van der Waals surface area (Å²) in [4.78, 5) is 1.48. The second-order valence-electron chi connectivity index (χ2n) is 3.56. The first-order valence-corrected chi connectivity index (χ1v) is 5.80. The SMILES string of the molecule is Cc1ccc(CCc2cccs2)cc1. The molecule has 0 bridgehead atoms. The van der Waals surface area contributed by atoms with Crippen molar-refractivity contribution >= 4 is 11.3 Å². The Hall–Kier alpha value is -1.08. The smallest absolute Gasteiger partial charge is 0.00485 e. The molecule has 0 unspecified atom stereocenters. The van der Waals surface area contributed by atoms with Crippen LogP contribution in [0.4, 0.5) is 0 Å². The van der Waals surface area contributed by atoms with Crippen LogP contribution in [0, 0.1) is 6.92 Å². The van der Waals surface area contributed by atoms with E-state index in [1.165, 1.54) is 22.4 Å². The average molecular weight is 202 g/mol. The lowest BCUT2D eigenvalue weighted by Gasteiger charge is -2.00. The Bertz CT molecular complexity index is 370. The van der Waals surface area contributed by atoms with Crippen LogP contribution in [0.5, 0.6) is 0 Å². The number of hydrogen-bond donors (Lipinski definition) is 0. The third kappa shape index (κ3) is 2.46. The molecule has 0 saturated carbocycles. The highest BCUT2D eigenvalue weighted by Gasteiger charge is 1.95. The van der Waals surface area contributed by atoms with Gasteiger partial charge in [0, 0.05) is 4.88 Å². The Labute approximate surface area is 89.2 Å². The molecule has 0 atom stereocenters. The van der Waals surface area contributed by atoms with Crippen LogP contribution in [-0.4, -0.2) is 0 Å². The molecule has 0 aliphatic carbocycles. The van der Waals surface area contributed by atoms with Crippen molar-refractivity contribution in [3.63, 3.8) is 0 Å². The second kappa shape index (κ2) is 4.43. The Balaban J connectivity index is 1.95. The molecule has 1 aromatic carbocycles. The van der Waals surface area contributed by atoms with Gasteiger partial charge in [0.15, 0.2) is 0 Å². The molecule has 1 heterocycles. The molecule has 0 fully saturated rings. The first-order chi connectivity index (χ1) is 6.84. The van der Waals surface area contributed by atoms with Gasteiger partial charge < -0.3 is 0 Å². The minimum atomic E-state index is 1.15. The van der Waals surface area contributed by atoms with Crippen molar-refractivity contribution < 1.29 is 0 Å². The van der Waals surface area contributed by atoms with Crippen molar-refractivity contribution in [3.05, 3.63) is 57.8 Å². The van der Waals surface area contributed by atoms with Crippen LogP contribution in [0.3, 0.4) is 0 Å². The third-order valence-corrected chi connectivity index (χ3v) is 3.30. The van der Waals surface area contributed by atoms with Gasteiger partial charge >= 0.3 is 0 Å². The van der Waals surface area contributed by atoms with Gasteiger partial charge in [0.25, 0.3) is 0 Å². The molecule has 14 heavy (non-hydrogen) atoms. The fourth-order valence-electron chi connectivity index (χ4n) is 1.48. The lowest BCUT2D eigenvalue weighted by atomic mass is 10.1. The standard InChI is InChI=1S/C13H14S/c1-11-4-6-12(7-5-11)8-9-13-3-2-10-14-13/h2-7,10H,8-9H2,1H3. The molecule has 0 saturated heterocycles. The van der Waals surface area contributed by atoms with E-state index in [0.29, 0.717) is 0 Å². The molecule has 0 aliphatic rings. The summed E-state index contributed by atoms with van der Waals surface area (Å²) in [5.41, 5.74) is 2.77. The van der Waals surface area contributed by atoms with Gasteiger partial charge in [-0.15, -0.1) is 11.3 Å². The molecular formula is C13H14S. The summed E-state index contributed by atoms with van der Waals surface area (Å²) in [5.74, 6) is 0. The monoisotopic (exact) mass is 202 g/mol. The van der Waals surface area contributed by atoms with E-state index in [-0.39, 0.29) is 0 Å². The zero-order chi connectivity index (χ0) is 9.80. The minimum Gasteiger partial charge on any atom is -0.149 e. The second-order valence-corrected chi connectivity index (χ2v) is 4.60. The van der Waals surface area contributed by atoms with Crippen molar-refractivity contribution in [3.8, 4) is 0 Å². The molecule has 1 heteroatoms. The predicted molar refractivity (Wildman–Crippen MR) is 62.9 cm³/mol. The lowest BCUT2D eigenvalue weighted by molar-refractivity contribution is 0.980. The predicted octanol–water partition coefficient (Wildman–Crippen LogP) is 3.84. The van der Waals surface area contributed by atoms with Crippen LogP contribution in [0.1, 0.15) is 16.0 Å². The van der Waals surface area contributed by atoms with Gasteiger partial charge in [0.05, 0.1) is 0 Å². The Morgan fingerprint density at radius 3 is 2.43 bits per heavy atom. The summed E-state index contributed by atoms with van der Waals surface area (Å²) in [6, 6.07) is 13.1. The maximum Gasteiger partial charge on any atom is 0.00485 e. The molecule has 0 aliphatic heterocycles.